The van der Waals surface area contributed by atoms with E-state index in [0.717, 1.165) is 0 Å². The van der Waals surface area contributed by atoms with Crippen molar-refractivity contribution in [1.82, 2.24) is 5.32 Å². The number of esters is 1. The van der Waals surface area contributed by atoms with Crippen LogP contribution in [-0.2, 0) is 19.1 Å². The van der Waals surface area contributed by atoms with E-state index in [-0.39, 0.29) is 6.61 Å². The van der Waals surface area contributed by atoms with Gasteiger partial charge in [0, 0.05) is 0 Å². The molecule has 2 unspecified atom stereocenters. The van der Waals surface area contributed by atoms with Crippen molar-refractivity contribution < 1.29 is 23.9 Å². The molecule has 0 fully saturated rings. The van der Waals surface area contributed by atoms with Gasteiger partial charge in [-0.05, 0) is 33.3 Å². The second-order valence-corrected chi connectivity index (χ2v) is 6.54. The van der Waals surface area contributed by atoms with Crippen LogP contribution in [0.1, 0.15) is 39.3 Å². The van der Waals surface area contributed by atoms with E-state index in [0.29, 0.717) is 5.56 Å². The minimum atomic E-state index is -1.19. The highest BCUT2D eigenvalue weighted by molar-refractivity contribution is 5.99. The van der Waals surface area contributed by atoms with Gasteiger partial charge >= 0.3 is 12.1 Å². The number of rotatable bonds is 7. The third-order valence-corrected chi connectivity index (χ3v) is 3.20. The Labute approximate surface area is 148 Å². The highest BCUT2D eigenvalue weighted by atomic mass is 16.6. The van der Waals surface area contributed by atoms with Gasteiger partial charge in [0.2, 0.25) is 0 Å². The third-order valence-electron chi connectivity index (χ3n) is 3.20. The summed E-state index contributed by atoms with van der Waals surface area (Å²) < 4.78 is 10.3. The van der Waals surface area contributed by atoms with Crippen molar-refractivity contribution in [1.29, 1.82) is 0 Å². The number of amides is 1. The number of hydrogen-bond acceptors (Lipinski definition) is 5. The van der Waals surface area contributed by atoms with E-state index < -0.39 is 35.4 Å². The Morgan fingerprint density at radius 1 is 1.20 bits per heavy atom. The zero-order valence-electron chi connectivity index (χ0n) is 15.1. The number of ketones is 1. The summed E-state index contributed by atoms with van der Waals surface area (Å²) in [7, 11) is 0. The minimum absolute atomic E-state index is 0.0173. The van der Waals surface area contributed by atoms with Crippen LogP contribution in [0.2, 0.25) is 0 Å². The van der Waals surface area contributed by atoms with Crippen LogP contribution in [0.25, 0.3) is 0 Å². The number of ether oxygens (including phenoxy) is 2. The van der Waals surface area contributed by atoms with E-state index in [1.807, 2.05) is 0 Å². The van der Waals surface area contributed by atoms with Crippen LogP contribution < -0.4 is 5.32 Å². The lowest BCUT2D eigenvalue weighted by molar-refractivity contribution is -0.151. The summed E-state index contributed by atoms with van der Waals surface area (Å²) in [5.74, 6) is -2.33. The maximum Gasteiger partial charge on any atom is 0.408 e. The van der Waals surface area contributed by atoms with E-state index >= 15 is 0 Å². The van der Waals surface area contributed by atoms with Gasteiger partial charge in [-0.2, -0.15) is 0 Å². The molecule has 0 heterocycles. The molecule has 1 aromatic carbocycles. The summed E-state index contributed by atoms with van der Waals surface area (Å²) in [6, 6.07) is 7.85. The van der Waals surface area contributed by atoms with Gasteiger partial charge in [-0.1, -0.05) is 43.0 Å². The molecule has 1 N–H and O–H groups in total. The number of carbonyl (C=O) groups excluding carboxylic acids is 3. The number of alkyl carbamates (subject to hydrolysis) is 1. The van der Waals surface area contributed by atoms with E-state index in [2.05, 4.69) is 11.9 Å². The molecular weight excluding hydrogens is 322 g/mol. The van der Waals surface area contributed by atoms with Crippen LogP contribution in [0.4, 0.5) is 4.79 Å². The fraction of sp³-hybridized carbons (Fsp3) is 0.421. The quantitative estimate of drug-likeness (QED) is 0.465. The van der Waals surface area contributed by atoms with Crippen molar-refractivity contribution in [2.45, 2.75) is 39.3 Å². The largest absolute Gasteiger partial charge is 0.461 e. The molecule has 0 saturated heterocycles. The molecule has 1 rings (SSSR count). The van der Waals surface area contributed by atoms with Crippen molar-refractivity contribution in [2.24, 2.45) is 5.92 Å². The molecule has 25 heavy (non-hydrogen) atoms. The number of Topliss-reactive ketones (excluding diaryl/α,β-unsaturated/α-hetero) is 1. The van der Waals surface area contributed by atoms with Crippen LogP contribution in [0.15, 0.2) is 43.0 Å². The molecule has 0 saturated carbocycles. The lowest BCUT2D eigenvalue weighted by Gasteiger charge is -2.27. The molecule has 0 bridgehead atoms. The molecule has 0 aliphatic rings. The summed E-state index contributed by atoms with van der Waals surface area (Å²) in [4.78, 5) is 36.6. The van der Waals surface area contributed by atoms with Crippen LogP contribution in [0.3, 0.4) is 0 Å². The summed E-state index contributed by atoms with van der Waals surface area (Å²) in [5, 5.41) is 2.62. The number of hydrogen-bond donors (Lipinski definition) is 1. The zero-order chi connectivity index (χ0) is 19.0. The van der Waals surface area contributed by atoms with Gasteiger partial charge in [0.15, 0.2) is 0 Å². The van der Waals surface area contributed by atoms with Crippen molar-refractivity contribution >= 4 is 17.8 Å². The van der Waals surface area contributed by atoms with Gasteiger partial charge in [-0.25, -0.2) is 4.79 Å². The van der Waals surface area contributed by atoms with Crippen LogP contribution in [0, 0.1) is 5.92 Å². The van der Waals surface area contributed by atoms with Gasteiger partial charge < -0.3 is 14.8 Å². The molecule has 0 aliphatic carbocycles. The van der Waals surface area contributed by atoms with Crippen LogP contribution in [-0.4, -0.2) is 30.1 Å². The fourth-order valence-electron chi connectivity index (χ4n) is 2.22. The maximum atomic E-state index is 12.3. The molecule has 2 atom stereocenters. The molecule has 1 amide bonds. The number of carbonyl (C=O) groups is 3. The molecule has 0 spiro atoms. The third kappa shape index (κ3) is 6.79. The van der Waals surface area contributed by atoms with E-state index in [1.54, 1.807) is 51.1 Å². The summed E-state index contributed by atoms with van der Waals surface area (Å²) in [6.45, 7) is 9.92. The van der Waals surface area contributed by atoms with Crippen molar-refractivity contribution in [3.05, 3.63) is 48.6 Å². The predicted octanol–water partition coefficient (Wildman–Crippen LogP) is 3.19. The SMILES string of the molecule is C=CCOC(=O)C(C(C)=O)C(NC(=O)OC(C)(C)C)c1ccccc1. The molecular formula is C19H25NO5. The molecule has 6 heteroatoms. The summed E-state index contributed by atoms with van der Waals surface area (Å²) in [6.07, 6.45) is 0.692. The zero-order valence-corrected chi connectivity index (χ0v) is 15.1. The lowest BCUT2D eigenvalue weighted by atomic mass is 9.90. The van der Waals surface area contributed by atoms with E-state index in [9.17, 15) is 14.4 Å². The Kier molecular flexibility index (Phi) is 7.36. The lowest BCUT2D eigenvalue weighted by Crippen LogP contribution is -2.42. The van der Waals surface area contributed by atoms with Crippen LogP contribution >= 0.6 is 0 Å². The van der Waals surface area contributed by atoms with Gasteiger partial charge in [0.1, 0.15) is 23.9 Å². The molecule has 0 aliphatic heterocycles. The molecule has 6 nitrogen and oxygen atoms in total. The molecule has 136 valence electrons. The van der Waals surface area contributed by atoms with Gasteiger partial charge in [-0.3, -0.25) is 9.59 Å². The van der Waals surface area contributed by atoms with Crippen molar-refractivity contribution in [3.63, 3.8) is 0 Å². The average Bonchev–Trinajstić information content (AvgIpc) is 2.51. The highest BCUT2D eigenvalue weighted by Crippen LogP contribution is 2.25. The second-order valence-electron chi connectivity index (χ2n) is 6.54. The molecule has 0 aromatic heterocycles. The van der Waals surface area contributed by atoms with Gasteiger partial charge in [0.25, 0.3) is 0 Å². The Morgan fingerprint density at radius 3 is 2.28 bits per heavy atom. The first-order chi connectivity index (χ1) is 11.7. The topological polar surface area (TPSA) is 81.7 Å². The van der Waals surface area contributed by atoms with Gasteiger partial charge in [0.05, 0.1) is 6.04 Å². The number of nitrogens with one attached hydrogen (secondary N) is 1. The smallest absolute Gasteiger partial charge is 0.408 e. The fourth-order valence-corrected chi connectivity index (χ4v) is 2.22. The Hall–Kier alpha value is -2.63. The first kappa shape index (κ1) is 20.4. The van der Waals surface area contributed by atoms with Gasteiger partial charge in [-0.15, -0.1) is 0 Å². The Morgan fingerprint density at radius 2 is 1.80 bits per heavy atom. The Balaban J connectivity index is 3.15. The van der Waals surface area contributed by atoms with Crippen molar-refractivity contribution in [3.8, 4) is 0 Å². The average molecular weight is 347 g/mol. The first-order valence-corrected chi connectivity index (χ1v) is 7.98. The molecule has 0 radical (unpaired) electrons. The van der Waals surface area contributed by atoms with E-state index in [4.69, 9.17) is 9.47 Å². The maximum absolute atomic E-state index is 12.3. The summed E-state index contributed by atoms with van der Waals surface area (Å²) in [5.41, 5.74) is -0.107. The summed E-state index contributed by atoms with van der Waals surface area (Å²) >= 11 is 0. The highest BCUT2D eigenvalue weighted by Gasteiger charge is 2.36. The monoisotopic (exact) mass is 347 g/mol. The second kappa shape index (κ2) is 9.01. The van der Waals surface area contributed by atoms with E-state index in [1.165, 1.54) is 13.0 Å². The predicted molar refractivity (Wildman–Crippen MR) is 93.9 cm³/mol. The Bertz CT molecular complexity index is 618. The van der Waals surface area contributed by atoms with Crippen molar-refractivity contribution in [2.75, 3.05) is 6.61 Å². The normalized spacial score (nSPS) is 13.3. The minimum Gasteiger partial charge on any atom is -0.461 e. The van der Waals surface area contributed by atoms with Crippen LogP contribution in [0.5, 0.6) is 0 Å². The standard InChI is InChI=1S/C19H25NO5/c1-6-12-24-17(22)15(13(2)21)16(14-10-8-7-9-11-14)20-18(23)25-19(3,4)5/h6-11,15-16H,1,12H2,2-5H3,(H,20,23). The first-order valence-electron chi connectivity index (χ1n) is 7.98. The number of benzene rings is 1. The molecule has 1 aromatic rings.